The summed E-state index contributed by atoms with van der Waals surface area (Å²) >= 11 is 0. The number of aliphatic imine (C=N–C) groups is 1. The predicted molar refractivity (Wildman–Crippen MR) is 113 cm³/mol. The van der Waals surface area contributed by atoms with Crippen LogP contribution in [0.25, 0.3) is 0 Å². The van der Waals surface area contributed by atoms with Gasteiger partial charge in [0, 0.05) is 59.0 Å². The van der Waals surface area contributed by atoms with E-state index in [1.54, 1.807) is 7.11 Å². The third-order valence-corrected chi connectivity index (χ3v) is 5.52. The number of hydrogen-bond donors (Lipinski definition) is 1. The number of anilines is 1. The van der Waals surface area contributed by atoms with Crippen molar-refractivity contribution < 1.29 is 9.47 Å². The minimum Gasteiger partial charge on any atom is -0.382 e. The minimum absolute atomic E-state index is 0.557. The van der Waals surface area contributed by atoms with Gasteiger partial charge in [-0.2, -0.15) is 0 Å². The molecule has 1 atom stereocenters. The number of hydrogen-bond acceptors (Lipinski definition) is 5. The molecule has 1 aromatic heterocycles. The SMILES string of the molecule is CN=C(NCc1ccnc(N2CCCCC2)c1)N1CCC(COCCOC)C1. The van der Waals surface area contributed by atoms with Gasteiger partial charge in [0.15, 0.2) is 5.96 Å². The summed E-state index contributed by atoms with van der Waals surface area (Å²) in [6, 6.07) is 4.30. The van der Waals surface area contributed by atoms with E-state index in [2.05, 4.69) is 37.2 Å². The van der Waals surface area contributed by atoms with Crippen LogP contribution < -0.4 is 10.2 Å². The standard InChI is InChI=1S/C21H35N5O2/c1-22-21(26-11-7-19(16-26)17-28-13-12-27-2)24-15-18-6-8-23-20(14-18)25-9-4-3-5-10-25/h6,8,14,19H,3-5,7,9-13,15-17H2,1-2H3,(H,22,24). The first-order chi connectivity index (χ1) is 13.8. The highest BCUT2D eigenvalue weighted by Gasteiger charge is 2.25. The molecule has 0 aromatic carbocycles. The smallest absolute Gasteiger partial charge is 0.193 e. The van der Waals surface area contributed by atoms with Crippen LogP contribution in [0.15, 0.2) is 23.3 Å². The zero-order valence-corrected chi connectivity index (χ0v) is 17.4. The van der Waals surface area contributed by atoms with Gasteiger partial charge in [0.1, 0.15) is 5.82 Å². The number of likely N-dealkylation sites (tertiary alicyclic amines) is 1. The lowest BCUT2D eigenvalue weighted by Gasteiger charge is -2.28. The maximum absolute atomic E-state index is 5.70. The molecule has 0 radical (unpaired) electrons. The maximum atomic E-state index is 5.70. The summed E-state index contributed by atoms with van der Waals surface area (Å²) in [5.41, 5.74) is 1.25. The van der Waals surface area contributed by atoms with E-state index in [1.165, 1.54) is 24.8 Å². The topological polar surface area (TPSA) is 62.2 Å². The minimum atomic E-state index is 0.557. The Kier molecular flexibility index (Phi) is 8.36. The molecule has 1 N–H and O–H groups in total. The van der Waals surface area contributed by atoms with Crippen molar-refractivity contribution in [3.63, 3.8) is 0 Å². The Hall–Kier alpha value is -1.86. The van der Waals surface area contributed by atoms with Gasteiger partial charge in [0.05, 0.1) is 19.8 Å². The fourth-order valence-electron chi connectivity index (χ4n) is 3.93. The van der Waals surface area contributed by atoms with Crippen LogP contribution in [0.3, 0.4) is 0 Å². The molecule has 0 aliphatic carbocycles. The number of rotatable bonds is 8. The molecule has 0 amide bonds. The van der Waals surface area contributed by atoms with Gasteiger partial charge in [0.2, 0.25) is 0 Å². The molecule has 2 fully saturated rings. The average Bonchev–Trinajstić information content (AvgIpc) is 3.21. The summed E-state index contributed by atoms with van der Waals surface area (Å²) in [6.07, 6.45) is 6.93. The lowest BCUT2D eigenvalue weighted by atomic mass is 10.1. The number of methoxy groups -OCH3 is 1. The molecule has 1 unspecified atom stereocenters. The molecule has 28 heavy (non-hydrogen) atoms. The third kappa shape index (κ3) is 6.07. The quantitative estimate of drug-likeness (QED) is 0.418. The lowest BCUT2D eigenvalue weighted by Crippen LogP contribution is -2.40. The lowest BCUT2D eigenvalue weighted by molar-refractivity contribution is 0.0536. The monoisotopic (exact) mass is 389 g/mol. The Morgan fingerprint density at radius 3 is 2.89 bits per heavy atom. The molecule has 156 valence electrons. The van der Waals surface area contributed by atoms with E-state index in [0.29, 0.717) is 19.1 Å². The molecule has 1 aromatic rings. The Balaban J connectivity index is 1.47. The fraction of sp³-hybridized carbons (Fsp3) is 0.714. The average molecular weight is 390 g/mol. The summed E-state index contributed by atoms with van der Waals surface area (Å²) in [5, 5.41) is 3.52. The second-order valence-electron chi connectivity index (χ2n) is 7.64. The highest BCUT2D eigenvalue weighted by Crippen LogP contribution is 2.19. The Labute approximate surface area is 169 Å². The van der Waals surface area contributed by atoms with Gasteiger partial charge in [-0.25, -0.2) is 4.98 Å². The van der Waals surface area contributed by atoms with Crippen LogP contribution in [0, 0.1) is 5.92 Å². The van der Waals surface area contributed by atoms with E-state index < -0.39 is 0 Å². The van der Waals surface area contributed by atoms with Crippen molar-refractivity contribution >= 4 is 11.8 Å². The summed E-state index contributed by atoms with van der Waals surface area (Å²) in [5.74, 6) is 2.63. The number of guanidine groups is 1. The Morgan fingerprint density at radius 1 is 1.25 bits per heavy atom. The largest absolute Gasteiger partial charge is 0.382 e. The Morgan fingerprint density at radius 2 is 2.11 bits per heavy atom. The molecule has 2 aliphatic rings. The first-order valence-electron chi connectivity index (χ1n) is 10.5. The van der Waals surface area contributed by atoms with Crippen molar-refractivity contribution in [1.82, 2.24) is 15.2 Å². The summed E-state index contributed by atoms with van der Waals surface area (Å²) in [6.45, 7) is 7.13. The third-order valence-electron chi connectivity index (χ3n) is 5.52. The molecule has 0 bridgehead atoms. The number of ether oxygens (including phenoxy) is 2. The summed E-state index contributed by atoms with van der Waals surface area (Å²) in [7, 11) is 3.56. The van der Waals surface area contributed by atoms with E-state index in [9.17, 15) is 0 Å². The number of nitrogens with zero attached hydrogens (tertiary/aromatic N) is 4. The second-order valence-corrected chi connectivity index (χ2v) is 7.64. The first kappa shape index (κ1) is 20.9. The molecule has 2 saturated heterocycles. The number of aromatic nitrogens is 1. The summed E-state index contributed by atoms with van der Waals surface area (Å²) < 4.78 is 10.7. The van der Waals surface area contributed by atoms with E-state index in [1.807, 2.05) is 13.2 Å². The fourth-order valence-corrected chi connectivity index (χ4v) is 3.93. The molecule has 2 aliphatic heterocycles. The van der Waals surface area contributed by atoms with Gasteiger partial charge in [-0.05, 0) is 43.4 Å². The van der Waals surface area contributed by atoms with Gasteiger partial charge in [0.25, 0.3) is 0 Å². The zero-order valence-electron chi connectivity index (χ0n) is 17.4. The van der Waals surface area contributed by atoms with Crippen molar-refractivity contribution in [3.8, 4) is 0 Å². The number of nitrogens with one attached hydrogen (secondary N) is 1. The van der Waals surface area contributed by atoms with Crippen molar-refractivity contribution in [1.29, 1.82) is 0 Å². The molecule has 3 heterocycles. The molecule has 7 nitrogen and oxygen atoms in total. The summed E-state index contributed by atoms with van der Waals surface area (Å²) in [4.78, 5) is 13.8. The van der Waals surface area contributed by atoms with E-state index in [4.69, 9.17) is 9.47 Å². The second kappa shape index (κ2) is 11.2. The van der Waals surface area contributed by atoms with Crippen LogP contribution in [-0.4, -0.2) is 76.0 Å². The van der Waals surface area contributed by atoms with E-state index >= 15 is 0 Å². The molecular formula is C21H35N5O2. The maximum Gasteiger partial charge on any atom is 0.193 e. The van der Waals surface area contributed by atoms with Gasteiger partial charge in [-0.15, -0.1) is 0 Å². The highest BCUT2D eigenvalue weighted by molar-refractivity contribution is 5.80. The molecule has 0 saturated carbocycles. The highest BCUT2D eigenvalue weighted by atomic mass is 16.5. The Bertz CT molecular complexity index is 619. The van der Waals surface area contributed by atoms with Crippen molar-refractivity contribution in [2.45, 2.75) is 32.2 Å². The van der Waals surface area contributed by atoms with Crippen LogP contribution in [0.2, 0.25) is 0 Å². The van der Waals surface area contributed by atoms with Crippen LogP contribution >= 0.6 is 0 Å². The van der Waals surface area contributed by atoms with Crippen LogP contribution in [0.1, 0.15) is 31.2 Å². The van der Waals surface area contributed by atoms with Gasteiger partial charge >= 0.3 is 0 Å². The van der Waals surface area contributed by atoms with Crippen molar-refractivity contribution in [2.24, 2.45) is 10.9 Å². The van der Waals surface area contributed by atoms with Gasteiger partial charge in [-0.1, -0.05) is 0 Å². The molecular weight excluding hydrogens is 354 g/mol. The normalized spacial score (nSPS) is 20.6. The predicted octanol–water partition coefficient (Wildman–Crippen LogP) is 2.13. The van der Waals surface area contributed by atoms with Crippen molar-refractivity contribution in [2.75, 3.05) is 65.1 Å². The number of piperidine rings is 1. The van der Waals surface area contributed by atoms with Crippen LogP contribution in [-0.2, 0) is 16.0 Å². The van der Waals surface area contributed by atoms with Gasteiger partial charge in [-0.3, -0.25) is 4.99 Å². The molecule has 0 spiro atoms. The first-order valence-corrected chi connectivity index (χ1v) is 10.5. The van der Waals surface area contributed by atoms with Crippen LogP contribution in [0.4, 0.5) is 5.82 Å². The molecule has 7 heteroatoms. The van der Waals surface area contributed by atoms with E-state index in [0.717, 1.165) is 57.5 Å². The zero-order chi connectivity index (χ0) is 19.6. The van der Waals surface area contributed by atoms with Crippen molar-refractivity contribution in [3.05, 3.63) is 23.9 Å². The number of pyridine rings is 1. The van der Waals surface area contributed by atoms with E-state index in [-0.39, 0.29) is 0 Å². The van der Waals surface area contributed by atoms with Gasteiger partial charge < -0.3 is 24.6 Å². The van der Waals surface area contributed by atoms with Crippen LogP contribution in [0.5, 0.6) is 0 Å². The molecule has 3 rings (SSSR count).